The molecular formula is C14H19NO7S. The van der Waals surface area contributed by atoms with Gasteiger partial charge in [0.1, 0.15) is 6.61 Å². The zero-order chi connectivity index (χ0) is 16.4. The van der Waals surface area contributed by atoms with Crippen LogP contribution >= 0.6 is 0 Å². The maximum absolute atomic E-state index is 12.3. The second kappa shape index (κ2) is 6.97. The first-order valence-electron chi connectivity index (χ1n) is 6.41. The lowest BCUT2D eigenvalue weighted by atomic mass is 10.1. The van der Waals surface area contributed by atoms with E-state index in [2.05, 4.69) is 10.1 Å². The summed E-state index contributed by atoms with van der Waals surface area (Å²) >= 11 is 0. The minimum Gasteiger partial charge on any atom is -0.465 e. The van der Waals surface area contributed by atoms with E-state index in [0.717, 1.165) is 7.11 Å². The van der Waals surface area contributed by atoms with Crippen LogP contribution in [0.3, 0.4) is 0 Å². The number of hydrogen-bond donors (Lipinski definition) is 1. The van der Waals surface area contributed by atoms with Gasteiger partial charge in [0.2, 0.25) is 0 Å². The zero-order valence-electron chi connectivity index (χ0n) is 12.0. The smallest absolute Gasteiger partial charge is 0.410 e. The number of nitrogens with one attached hydrogen (secondary N) is 1. The van der Waals surface area contributed by atoms with E-state index >= 15 is 0 Å². The van der Waals surface area contributed by atoms with E-state index in [0.29, 0.717) is 5.56 Å². The molecule has 23 heavy (non-hydrogen) atoms. The average molecular weight is 345 g/mol. The molecule has 0 fully saturated rings. The minimum atomic E-state index is -4.29. The van der Waals surface area contributed by atoms with Crippen molar-refractivity contribution in [2.75, 3.05) is 7.11 Å². The molecule has 0 aliphatic carbocycles. The van der Waals surface area contributed by atoms with Gasteiger partial charge in [0.05, 0.1) is 12.0 Å². The van der Waals surface area contributed by atoms with Gasteiger partial charge in [0, 0.05) is 6.42 Å². The Hall–Kier alpha value is -2.13. The molecule has 128 valence electrons. The van der Waals surface area contributed by atoms with Crippen molar-refractivity contribution < 1.29 is 31.7 Å². The topological polar surface area (TPSA) is 108 Å². The van der Waals surface area contributed by atoms with Crippen LogP contribution in [0.25, 0.3) is 0 Å². The van der Waals surface area contributed by atoms with Gasteiger partial charge >= 0.3 is 12.1 Å². The second-order valence-electron chi connectivity index (χ2n) is 4.55. The van der Waals surface area contributed by atoms with Crippen molar-refractivity contribution in [2.45, 2.75) is 38.0 Å². The van der Waals surface area contributed by atoms with Crippen LogP contribution in [-0.2, 0) is 35.2 Å². The molecule has 2 heterocycles. The van der Waals surface area contributed by atoms with Crippen LogP contribution < -0.4 is 5.32 Å². The van der Waals surface area contributed by atoms with Gasteiger partial charge in [-0.2, -0.15) is 8.42 Å². The molecule has 0 saturated heterocycles. The second-order valence-corrected chi connectivity index (χ2v) is 6.10. The molecule has 1 atom stereocenters. The van der Waals surface area contributed by atoms with E-state index in [4.69, 9.17) is 8.92 Å². The first-order chi connectivity index (χ1) is 10.3. The van der Waals surface area contributed by atoms with Gasteiger partial charge in [-0.05, 0) is 17.7 Å². The number of hydrogen-bond acceptors (Lipinski definition) is 7. The Balaban J connectivity index is 0.00000264. The van der Waals surface area contributed by atoms with Crippen LogP contribution in [0.1, 0.15) is 26.3 Å². The molecule has 0 saturated carbocycles. The highest BCUT2D eigenvalue weighted by Gasteiger charge is 2.46. The first kappa shape index (κ1) is 18.9. The highest BCUT2D eigenvalue weighted by molar-refractivity contribution is 7.86. The number of methoxy groups -OCH3 is 1. The van der Waals surface area contributed by atoms with E-state index in [-0.39, 0.29) is 25.3 Å². The summed E-state index contributed by atoms with van der Waals surface area (Å²) in [7, 11) is -3.23. The molecule has 0 aromatic heterocycles. The Bertz CT molecular complexity index is 684. The summed E-state index contributed by atoms with van der Waals surface area (Å²) in [6, 6.07) is 5.59. The third-order valence-electron chi connectivity index (χ3n) is 3.15. The molecule has 1 aromatic carbocycles. The fourth-order valence-electron chi connectivity index (χ4n) is 1.90. The van der Waals surface area contributed by atoms with Gasteiger partial charge in [-0.3, -0.25) is 5.32 Å². The molecule has 0 radical (unpaired) electrons. The number of amides is 1. The number of ether oxygens (including phenoxy) is 2. The average Bonchev–Trinajstić information content (AvgIpc) is 2.53. The van der Waals surface area contributed by atoms with E-state index in [9.17, 15) is 18.0 Å². The van der Waals surface area contributed by atoms with Gasteiger partial charge in [0.25, 0.3) is 15.8 Å². The minimum absolute atomic E-state index is 0. The lowest BCUT2D eigenvalue weighted by Crippen LogP contribution is -2.57. The van der Waals surface area contributed by atoms with Crippen molar-refractivity contribution in [1.29, 1.82) is 0 Å². The summed E-state index contributed by atoms with van der Waals surface area (Å²) in [5.74, 6) is -1.05. The number of fused-ring (bicyclic) bond motifs is 8. The summed E-state index contributed by atoms with van der Waals surface area (Å²) in [6.45, 7) is 1.39. The normalized spacial score (nSPS) is 22.8. The van der Waals surface area contributed by atoms with Crippen LogP contribution in [-0.4, -0.2) is 33.3 Å². The largest absolute Gasteiger partial charge is 0.465 e. The molecule has 2 aliphatic heterocycles. The third kappa shape index (κ3) is 3.80. The van der Waals surface area contributed by atoms with E-state index in [1.807, 2.05) is 0 Å². The molecule has 2 bridgehead atoms. The van der Waals surface area contributed by atoms with E-state index in [1.54, 1.807) is 0 Å². The molecule has 0 spiro atoms. The Morgan fingerprint density at radius 3 is 2.48 bits per heavy atom. The van der Waals surface area contributed by atoms with Crippen LogP contribution in [0, 0.1) is 0 Å². The lowest BCUT2D eigenvalue weighted by Gasteiger charge is -2.29. The standard InChI is InChI=1S/C13H15NO7S.CH4/c1-3-13(11(15)19-2)14-12(16)20-8-9-4-6-10(7-5-9)22(17,18)21-13;/h4-7H,3,8H2,1-2H3,(H,14,16);1H4. The Labute approximate surface area is 134 Å². The van der Waals surface area contributed by atoms with E-state index < -0.39 is 27.9 Å². The van der Waals surface area contributed by atoms with Gasteiger partial charge < -0.3 is 9.47 Å². The number of carbonyl (C=O) groups excluding carboxylic acids is 2. The Morgan fingerprint density at radius 1 is 1.35 bits per heavy atom. The molecule has 1 N–H and O–H groups in total. The number of benzene rings is 1. The van der Waals surface area contributed by atoms with Crippen molar-refractivity contribution in [3.8, 4) is 0 Å². The van der Waals surface area contributed by atoms with Crippen LogP contribution in [0.2, 0.25) is 0 Å². The maximum Gasteiger partial charge on any atom is 0.410 e. The molecule has 9 heteroatoms. The van der Waals surface area contributed by atoms with Crippen LogP contribution in [0.4, 0.5) is 4.79 Å². The third-order valence-corrected chi connectivity index (χ3v) is 4.50. The van der Waals surface area contributed by atoms with Gasteiger partial charge in [-0.25, -0.2) is 13.8 Å². The van der Waals surface area contributed by atoms with Crippen molar-refractivity contribution >= 4 is 22.2 Å². The molecule has 1 unspecified atom stereocenters. The zero-order valence-corrected chi connectivity index (χ0v) is 12.8. The van der Waals surface area contributed by atoms with Gasteiger partial charge in [-0.1, -0.05) is 26.5 Å². The number of rotatable bonds is 2. The molecule has 1 aromatic rings. The van der Waals surface area contributed by atoms with Crippen molar-refractivity contribution in [3.63, 3.8) is 0 Å². The van der Waals surface area contributed by atoms with Crippen molar-refractivity contribution in [1.82, 2.24) is 5.32 Å². The van der Waals surface area contributed by atoms with Gasteiger partial charge in [-0.15, -0.1) is 0 Å². The fraction of sp³-hybridized carbons (Fsp3) is 0.429. The summed E-state index contributed by atoms with van der Waals surface area (Å²) in [4.78, 5) is 23.6. The lowest BCUT2D eigenvalue weighted by molar-refractivity contribution is -0.161. The highest BCUT2D eigenvalue weighted by atomic mass is 32.2. The van der Waals surface area contributed by atoms with Crippen LogP contribution in [0.15, 0.2) is 29.2 Å². The number of carbonyl (C=O) groups is 2. The quantitative estimate of drug-likeness (QED) is 0.640. The van der Waals surface area contributed by atoms with Crippen molar-refractivity contribution in [3.05, 3.63) is 29.8 Å². The van der Waals surface area contributed by atoms with E-state index in [1.165, 1.54) is 31.2 Å². The van der Waals surface area contributed by atoms with Crippen LogP contribution in [0.5, 0.6) is 0 Å². The highest BCUT2D eigenvalue weighted by Crippen LogP contribution is 2.24. The number of esters is 1. The fourth-order valence-corrected chi connectivity index (χ4v) is 3.07. The van der Waals surface area contributed by atoms with Crippen molar-refractivity contribution in [2.24, 2.45) is 0 Å². The maximum atomic E-state index is 12.3. The monoisotopic (exact) mass is 345 g/mol. The summed E-state index contributed by atoms with van der Waals surface area (Å²) in [6.07, 6.45) is -1.17. The molecule has 2 aliphatic rings. The van der Waals surface area contributed by atoms with Gasteiger partial charge in [0.15, 0.2) is 0 Å². The SMILES string of the molecule is C.CCC1(C(=O)OC)NC(=O)OCc2ccc(cc2)S(=O)(=O)O1. The molecular weight excluding hydrogens is 326 g/mol. The molecule has 3 rings (SSSR count). The molecule has 1 amide bonds. The first-order valence-corrected chi connectivity index (χ1v) is 7.82. The Kier molecular flexibility index (Phi) is 5.73. The summed E-state index contributed by atoms with van der Waals surface area (Å²) in [5.41, 5.74) is -1.59. The predicted molar refractivity (Wildman–Crippen MR) is 79.8 cm³/mol. The number of alkyl carbamates (subject to hydrolysis) is 1. The summed E-state index contributed by atoms with van der Waals surface area (Å²) < 4.78 is 39.1. The predicted octanol–water partition coefficient (Wildman–Crippen LogP) is 1.55. The summed E-state index contributed by atoms with van der Waals surface area (Å²) in [5, 5.41) is 2.13. The molecule has 8 nitrogen and oxygen atoms in total. The Morgan fingerprint density at radius 2 is 1.96 bits per heavy atom.